The van der Waals surface area contributed by atoms with E-state index in [0.717, 1.165) is 12.5 Å². The first kappa shape index (κ1) is 17.7. The van der Waals surface area contributed by atoms with Gasteiger partial charge in [-0.15, -0.1) is 12.4 Å². The molecule has 20 heavy (non-hydrogen) atoms. The number of carbonyl (C=O) groups is 1. The molecule has 2 aliphatic rings. The lowest BCUT2D eigenvalue weighted by atomic mass is 9.86. The summed E-state index contributed by atoms with van der Waals surface area (Å²) in [6, 6.07) is 1.04. The maximum Gasteiger partial charge on any atom is 0.237 e. The Morgan fingerprint density at radius 1 is 1.15 bits per heavy atom. The molecule has 2 rings (SSSR count). The normalized spacial score (nSPS) is 25.9. The van der Waals surface area contributed by atoms with Crippen LogP contribution in [0.5, 0.6) is 0 Å². The van der Waals surface area contributed by atoms with Gasteiger partial charge in [0.05, 0.1) is 13.2 Å². The van der Waals surface area contributed by atoms with Gasteiger partial charge in [-0.2, -0.15) is 0 Å². The fourth-order valence-electron chi connectivity index (χ4n) is 3.04. The van der Waals surface area contributed by atoms with E-state index in [0.29, 0.717) is 25.2 Å². The van der Waals surface area contributed by atoms with Gasteiger partial charge in [0, 0.05) is 25.7 Å². The Balaban J connectivity index is 0.00000200. The van der Waals surface area contributed by atoms with E-state index in [4.69, 9.17) is 4.74 Å². The molecule has 0 aromatic rings. The van der Waals surface area contributed by atoms with Crippen molar-refractivity contribution in [3.63, 3.8) is 0 Å². The van der Waals surface area contributed by atoms with Gasteiger partial charge in [0.1, 0.15) is 0 Å². The molecule has 0 unspecified atom stereocenters. The lowest BCUT2D eigenvalue weighted by molar-refractivity contribution is -0.134. The van der Waals surface area contributed by atoms with Crippen LogP contribution in [-0.2, 0) is 9.53 Å². The molecule has 0 spiro atoms. The second kappa shape index (κ2) is 8.85. The van der Waals surface area contributed by atoms with Crippen molar-refractivity contribution >= 4 is 18.3 Å². The molecule has 0 aliphatic heterocycles. The van der Waals surface area contributed by atoms with Crippen LogP contribution < -0.4 is 5.32 Å². The summed E-state index contributed by atoms with van der Waals surface area (Å²) >= 11 is 0. The van der Waals surface area contributed by atoms with E-state index in [1.165, 1.54) is 38.5 Å². The van der Waals surface area contributed by atoms with E-state index in [1.54, 1.807) is 7.11 Å². The SMILES string of the molecule is COCCNCC(=O)N(C1CCC(C)CC1)C1CC1.Cl. The number of methoxy groups -OCH3 is 1. The third kappa shape index (κ3) is 5.23. The molecule has 0 saturated heterocycles. The molecule has 5 heteroatoms. The molecule has 0 aromatic heterocycles. The van der Waals surface area contributed by atoms with Gasteiger partial charge in [0.15, 0.2) is 0 Å². The van der Waals surface area contributed by atoms with E-state index < -0.39 is 0 Å². The molecule has 2 fully saturated rings. The molecule has 118 valence electrons. The Bertz CT molecular complexity index is 290. The van der Waals surface area contributed by atoms with Crippen molar-refractivity contribution in [3.05, 3.63) is 0 Å². The van der Waals surface area contributed by atoms with E-state index in [9.17, 15) is 4.79 Å². The Morgan fingerprint density at radius 2 is 1.70 bits per heavy atom. The summed E-state index contributed by atoms with van der Waals surface area (Å²) < 4.78 is 4.98. The van der Waals surface area contributed by atoms with Crippen molar-refractivity contribution in [1.29, 1.82) is 0 Å². The highest BCUT2D eigenvalue weighted by atomic mass is 35.5. The number of nitrogens with one attached hydrogen (secondary N) is 1. The average molecular weight is 305 g/mol. The first-order valence-corrected chi connectivity index (χ1v) is 7.73. The highest BCUT2D eigenvalue weighted by Crippen LogP contribution is 2.35. The molecule has 1 amide bonds. The summed E-state index contributed by atoms with van der Waals surface area (Å²) in [5.74, 6) is 1.13. The van der Waals surface area contributed by atoms with Crippen LogP contribution in [0.1, 0.15) is 45.4 Å². The molecule has 0 heterocycles. The number of hydrogen-bond donors (Lipinski definition) is 1. The molecule has 2 saturated carbocycles. The monoisotopic (exact) mass is 304 g/mol. The lowest BCUT2D eigenvalue weighted by Crippen LogP contribution is -2.47. The van der Waals surface area contributed by atoms with Crippen molar-refractivity contribution < 1.29 is 9.53 Å². The zero-order valence-electron chi connectivity index (χ0n) is 12.8. The first-order valence-electron chi connectivity index (χ1n) is 7.73. The fourth-order valence-corrected chi connectivity index (χ4v) is 3.04. The second-order valence-electron chi connectivity index (χ2n) is 6.12. The molecule has 0 bridgehead atoms. The number of carbonyl (C=O) groups excluding carboxylic acids is 1. The quantitative estimate of drug-likeness (QED) is 0.733. The summed E-state index contributed by atoms with van der Waals surface area (Å²) in [5, 5.41) is 3.18. The molecule has 0 radical (unpaired) electrons. The zero-order valence-corrected chi connectivity index (χ0v) is 13.6. The summed E-state index contributed by atoms with van der Waals surface area (Å²) in [5.41, 5.74) is 0. The van der Waals surface area contributed by atoms with Gasteiger partial charge in [-0.1, -0.05) is 6.92 Å². The van der Waals surface area contributed by atoms with Crippen molar-refractivity contribution in [2.45, 2.75) is 57.5 Å². The third-order valence-corrected chi connectivity index (χ3v) is 4.37. The largest absolute Gasteiger partial charge is 0.383 e. The van der Waals surface area contributed by atoms with Crippen LogP contribution in [0.4, 0.5) is 0 Å². The molecular formula is C15H29ClN2O2. The van der Waals surface area contributed by atoms with E-state index in [-0.39, 0.29) is 18.3 Å². The Hall–Kier alpha value is -0.320. The lowest BCUT2D eigenvalue weighted by Gasteiger charge is -2.36. The Kier molecular flexibility index (Phi) is 7.85. The highest BCUT2D eigenvalue weighted by Gasteiger charge is 2.37. The second-order valence-corrected chi connectivity index (χ2v) is 6.12. The predicted octanol–water partition coefficient (Wildman–Crippen LogP) is 2.21. The Morgan fingerprint density at radius 3 is 2.20 bits per heavy atom. The third-order valence-electron chi connectivity index (χ3n) is 4.37. The highest BCUT2D eigenvalue weighted by molar-refractivity contribution is 5.85. The topological polar surface area (TPSA) is 41.6 Å². The number of ether oxygens (including phenoxy) is 1. The summed E-state index contributed by atoms with van der Waals surface area (Å²) in [6.45, 7) is 4.21. The van der Waals surface area contributed by atoms with Crippen molar-refractivity contribution in [2.24, 2.45) is 5.92 Å². The van der Waals surface area contributed by atoms with Crippen molar-refractivity contribution in [1.82, 2.24) is 10.2 Å². The minimum absolute atomic E-state index is 0. The molecule has 4 nitrogen and oxygen atoms in total. The standard InChI is InChI=1S/C15H28N2O2.ClH/c1-12-3-5-13(6-4-12)17(14-7-8-14)15(18)11-16-9-10-19-2;/h12-14,16H,3-11H2,1-2H3;1H. The zero-order chi connectivity index (χ0) is 13.7. The van der Waals surface area contributed by atoms with Gasteiger partial charge in [-0.3, -0.25) is 4.79 Å². The van der Waals surface area contributed by atoms with Crippen molar-refractivity contribution in [2.75, 3.05) is 26.8 Å². The van der Waals surface area contributed by atoms with Crippen molar-refractivity contribution in [3.8, 4) is 0 Å². The van der Waals surface area contributed by atoms with Gasteiger partial charge >= 0.3 is 0 Å². The minimum atomic E-state index is 0. The molecule has 0 atom stereocenters. The van der Waals surface area contributed by atoms with Gasteiger partial charge in [-0.05, 0) is 44.4 Å². The van der Waals surface area contributed by atoms with Gasteiger partial charge in [-0.25, -0.2) is 0 Å². The predicted molar refractivity (Wildman–Crippen MR) is 83.3 cm³/mol. The molecule has 0 aromatic carbocycles. The van der Waals surface area contributed by atoms with Crippen LogP contribution in [0, 0.1) is 5.92 Å². The maximum atomic E-state index is 12.4. The first-order chi connectivity index (χ1) is 9.22. The van der Waals surface area contributed by atoms with Crippen LogP contribution in [0.3, 0.4) is 0 Å². The van der Waals surface area contributed by atoms with Crippen LogP contribution in [0.2, 0.25) is 0 Å². The smallest absolute Gasteiger partial charge is 0.237 e. The average Bonchev–Trinajstić information content (AvgIpc) is 3.22. The fraction of sp³-hybridized carbons (Fsp3) is 0.933. The van der Waals surface area contributed by atoms with Gasteiger partial charge < -0.3 is 15.0 Å². The minimum Gasteiger partial charge on any atom is -0.383 e. The van der Waals surface area contributed by atoms with E-state index in [2.05, 4.69) is 17.1 Å². The number of amides is 1. The van der Waals surface area contributed by atoms with Gasteiger partial charge in [0.25, 0.3) is 0 Å². The summed E-state index contributed by atoms with van der Waals surface area (Å²) in [6.07, 6.45) is 7.35. The number of rotatable bonds is 7. The Labute approximate surface area is 129 Å². The summed E-state index contributed by atoms with van der Waals surface area (Å²) in [4.78, 5) is 14.6. The van der Waals surface area contributed by atoms with Crippen LogP contribution >= 0.6 is 12.4 Å². The van der Waals surface area contributed by atoms with E-state index >= 15 is 0 Å². The van der Waals surface area contributed by atoms with Crippen LogP contribution in [0.25, 0.3) is 0 Å². The molecule has 2 aliphatic carbocycles. The number of hydrogen-bond acceptors (Lipinski definition) is 3. The van der Waals surface area contributed by atoms with Gasteiger partial charge in [0.2, 0.25) is 5.91 Å². The van der Waals surface area contributed by atoms with E-state index in [1.807, 2.05) is 0 Å². The number of nitrogens with zero attached hydrogens (tertiary/aromatic N) is 1. The maximum absolute atomic E-state index is 12.4. The molecular weight excluding hydrogens is 276 g/mol. The number of halogens is 1. The van der Waals surface area contributed by atoms with Crippen LogP contribution in [0.15, 0.2) is 0 Å². The molecule has 1 N–H and O–H groups in total. The summed E-state index contributed by atoms with van der Waals surface area (Å²) in [7, 11) is 1.68. The van der Waals surface area contributed by atoms with Crippen LogP contribution in [-0.4, -0.2) is 49.7 Å².